The number of pyridine rings is 3. The molecule has 0 unspecified atom stereocenters. The molecule has 5 aromatic rings. The largest absolute Gasteiger partial charge is 0.356 e. The van der Waals surface area contributed by atoms with Crippen molar-refractivity contribution in [3.63, 3.8) is 0 Å². The van der Waals surface area contributed by atoms with Gasteiger partial charge in [-0.2, -0.15) is 5.10 Å². The van der Waals surface area contributed by atoms with E-state index >= 15 is 0 Å². The molecule has 2 saturated heterocycles. The van der Waals surface area contributed by atoms with Crippen LogP contribution in [0.5, 0.6) is 0 Å². The van der Waals surface area contributed by atoms with Crippen molar-refractivity contribution in [1.82, 2.24) is 35.0 Å². The summed E-state index contributed by atoms with van der Waals surface area (Å²) < 4.78 is 0. The topological polar surface area (TPSA) is 89.6 Å². The number of rotatable bonds is 5. The molecule has 182 valence electrons. The van der Waals surface area contributed by atoms with Crippen LogP contribution in [-0.2, 0) is 6.54 Å². The first kappa shape index (κ1) is 21.5. The molecule has 8 nitrogen and oxygen atoms in total. The van der Waals surface area contributed by atoms with Crippen LogP contribution < -0.4 is 4.90 Å². The van der Waals surface area contributed by atoms with Crippen molar-refractivity contribution >= 4 is 27.6 Å². The molecule has 0 radical (unpaired) electrons. The van der Waals surface area contributed by atoms with Crippen LogP contribution in [-0.4, -0.2) is 61.2 Å². The molecule has 0 amide bonds. The van der Waals surface area contributed by atoms with Gasteiger partial charge < -0.3 is 9.88 Å². The minimum Gasteiger partial charge on any atom is -0.356 e. The fourth-order valence-corrected chi connectivity index (χ4v) is 5.72. The van der Waals surface area contributed by atoms with E-state index in [0.717, 1.165) is 69.9 Å². The number of piperidine rings is 1. The lowest BCUT2D eigenvalue weighted by molar-refractivity contribution is 0.331. The van der Waals surface area contributed by atoms with E-state index in [1.807, 2.05) is 30.9 Å². The molecule has 0 spiro atoms. The fraction of sp³-hybridized carbons (Fsp3) is 0.357. The highest BCUT2D eigenvalue weighted by molar-refractivity contribution is 5.99. The van der Waals surface area contributed by atoms with Gasteiger partial charge in [-0.15, -0.1) is 0 Å². The molecule has 0 saturated carbocycles. The quantitative estimate of drug-likeness (QED) is 0.363. The second kappa shape index (κ2) is 9.02. The van der Waals surface area contributed by atoms with Crippen LogP contribution in [0.1, 0.15) is 37.7 Å². The van der Waals surface area contributed by atoms with Gasteiger partial charge >= 0.3 is 0 Å². The van der Waals surface area contributed by atoms with Crippen LogP contribution in [0.3, 0.4) is 0 Å². The van der Waals surface area contributed by atoms with E-state index in [9.17, 15) is 0 Å². The molecule has 5 aromatic heterocycles. The minimum atomic E-state index is 0.899. The number of aromatic amines is 2. The lowest BCUT2D eigenvalue weighted by atomic mass is 10.1. The van der Waals surface area contributed by atoms with Crippen LogP contribution in [0.15, 0.2) is 49.1 Å². The number of hydrogen-bond donors (Lipinski definition) is 2. The Morgan fingerprint density at radius 1 is 0.806 bits per heavy atom. The monoisotopic (exact) mass is 478 g/mol. The van der Waals surface area contributed by atoms with Gasteiger partial charge in [0, 0.05) is 54.6 Å². The normalized spacial score (nSPS) is 16.9. The first-order valence-electron chi connectivity index (χ1n) is 13.1. The third kappa shape index (κ3) is 3.91. The number of H-pyrrole nitrogens is 2. The highest BCUT2D eigenvalue weighted by Crippen LogP contribution is 2.34. The lowest BCUT2D eigenvalue weighted by Crippen LogP contribution is -2.30. The summed E-state index contributed by atoms with van der Waals surface area (Å²) in [4.78, 5) is 22.5. The summed E-state index contributed by atoms with van der Waals surface area (Å²) in [5.74, 6) is 1.07. The van der Waals surface area contributed by atoms with E-state index in [1.165, 1.54) is 50.8 Å². The Bertz CT molecular complexity index is 1520. The maximum atomic E-state index is 4.74. The Balaban J connectivity index is 1.25. The van der Waals surface area contributed by atoms with Gasteiger partial charge in [0.15, 0.2) is 0 Å². The summed E-state index contributed by atoms with van der Waals surface area (Å²) in [6, 6.07) is 8.59. The number of anilines is 1. The molecule has 0 bridgehead atoms. The molecule has 36 heavy (non-hydrogen) atoms. The van der Waals surface area contributed by atoms with Gasteiger partial charge in [0.05, 0.1) is 28.6 Å². The number of aromatic nitrogens is 6. The average molecular weight is 479 g/mol. The third-order valence-electron chi connectivity index (χ3n) is 7.58. The number of nitrogens with one attached hydrogen (secondary N) is 2. The first-order valence-corrected chi connectivity index (χ1v) is 13.1. The second-order valence-corrected chi connectivity index (χ2v) is 10.1. The Labute approximate surface area is 209 Å². The van der Waals surface area contributed by atoms with Crippen molar-refractivity contribution in [2.75, 3.05) is 31.1 Å². The average Bonchev–Trinajstić information content (AvgIpc) is 3.68. The van der Waals surface area contributed by atoms with Gasteiger partial charge in [-0.25, -0.2) is 4.98 Å². The summed E-state index contributed by atoms with van der Waals surface area (Å²) in [6.07, 6.45) is 14.0. The molecule has 7 rings (SSSR count). The zero-order chi connectivity index (χ0) is 23.9. The van der Waals surface area contributed by atoms with Crippen molar-refractivity contribution in [3.8, 4) is 22.6 Å². The van der Waals surface area contributed by atoms with E-state index in [4.69, 9.17) is 9.97 Å². The molecular weight excluding hydrogens is 448 g/mol. The van der Waals surface area contributed by atoms with Gasteiger partial charge in [0.2, 0.25) is 0 Å². The van der Waals surface area contributed by atoms with Gasteiger partial charge in [-0.3, -0.25) is 20.0 Å². The summed E-state index contributed by atoms with van der Waals surface area (Å²) in [7, 11) is 0. The highest BCUT2D eigenvalue weighted by Gasteiger charge is 2.19. The molecule has 0 atom stereocenters. The van der Waals surface area contributed by atoms with E-state index in [-0.39, 0.29) is 0 Å². The van der Waals surface area contributed by atoms with Crippen molar-refractivity contribution in [2.24, 2.45) is 0 Å². The smallest absolute Gasteiger partial charge is 0.137 e. The molecule has 7 heterocycles. The number of likely N-dealkylation sites (tertiary alicyclic amines) is 1. The Morgan fingerprint density at radius 3 is 2.56 bits per heavy atom. The number of nitrogens with zero attached hydrogens (tertiary/aromatic N) is 6. The number of hydrogen-bond acceptors (Lipinski definition) is 6. The number of fused-ring (bicyclic) bond motifs is 2. The van der Waals surface area contributed by atoms with Crippen LogP contribution in [0.2, 0.25) is 0 Å². The SMILES string of the molecule is c1cc2[nH]c(-c3n[nH]c4cnc(-c5cncc(CN6CCCC6)c5)cc34)cc2c(N2CCCCC2)n1. The summed E-state index contributed by atoms with van der Waals surface area (Å²) in [6.45, 7) is 5.43. The highest BCUT2D eigenvalue weighted by atomic mass is 15.2. The van der Waals surface area contributed by atoms with Gasteiger partial charge in [-0.05, 0) is 75.0 Å². The second-order valence-electron chi connectivity index (χ2n) is 10.1. The summed E-state index contributed by atoms with van der Waals surface area (Å²) in [5, 5.41) is 10.0. The molecule has 0 aromatic carbocycles. The van der Waals surface area contributed by atoms with E-state index in [0.29, 0.717) is 0 Å². The lowest BCUT2D eigenvalue weighted by Gasteiger charge is -2.28. The van der Waals surface area contributed by atoms with Crippen LogP contribution >= 0.6 is 0 Å². The van der Waals surface area contributed by atoms with E-state index < -0.39 is 0 Å². The maximum Gasteiger partial charge on any atom is 0.137 e. The van der Waals surface area contributed by atoms with E-state index in [1.54, 1.807) is 0 Å². The zero-order valence-electron chi connectivity index (χ0n) is 20.4. The zero-order valence-corrected chi connectivity index (χ0v) is 20.4. The predicted octanol–water partition coefficient (Wildman–Crippen LogP) is 5.15. The maximum absolute atomic E-state index is 4.74. The molecule has 2 aliphatic rings. The predicted molar refractivity (Wildman–Crippen MR) is 143 cm³/mol. The van der Waals surface area contributed by atoms with Crippen molar-refractivity contribution in [3.05, 3.63) is 54.6 Å². The van der Waals surface area contributed by atoms with Crippen molar-refractivity contribution in [2.45, 2.75) is 38.6 Å². The van der Waals surface area contributed by atoms with Gasteiger partial charge in [-0.1, -0.05) is 0 Å². The van der Waals surface area contributed by atoms with Crippen LogP contribution in [0.4, 0.5) is 5.82 Å². The molecule has 2 N–H and O–H groups in total. The molecular formula is C28H30N8. The fourth-order valence-electron chi connectivity index (χ4n) is 5.72. The summed E-state index contributed by atoms with van der Waals surface area (Å²) >= 11 is 0. The standard InChI is InChI=1S/C28H30N8/c1-2-10-36(11-3-1)28-22-14-25(32-23(22)6-7-30-28)27-21-13-24(31-17-26(21)33-34-27)20-12-19(15-29-16-20)18-35-8-4-5-9-35/h6-7,12-17,32H,1-5,8-11,18H2,(H,33,34). The summed E-state index contributed by atoms with van der Waals surface area (Å²) in [5.41, 5.74) is 7.07. The van der Waals surface area contributed by atoms with Crippen LogP contribution in [0.25, 0.3) is 44.5 Å². The van der Waals surface area contributed by atoms with Gasteiger partial charge in [0.25, 0.3) is 0 Å². The van der Waals surface area contributed by atoms with E-state index in [2.05, 4.69) is 48.2 Å². The molecule has 8 heteroatoms. The molecule has 2 aliphatic heterocycles. The van der Waals surface area contributed by atoms with Crippen LogP contribution in [0, 0.1) is 0 Å². The Hall–Kier alpha value is -3.78. The Kier molecular flexibility index (Phi) is 5.39. The third-order valence-corrected chi connectivity index (χ3v) is 7.58. The molecule has 0 aliphatic carbocycles. The first-order chi connectivity index (χ1) is 17.8. The Morgan fingerprint density at radius 2 is 1.67 bits per heavy atom. The minimum absolute atomic E-state index is 0.899. The van der Waals surface area contributed by atoms with Crippen molar-refractivity contribution < 1.29 is 0 Å². The molecule has 2 fully saturated rings. The van der Waals surface area contributed by atoms with Gasteiger partial charge in [0.1, 0.15) is 11.5 Å². The van der Waals surface area contributed by atoms with Crippen molar-refractivity contribution in [1.29, 1.82) is 0 Å².